The quantitative estimate of drug-likeness (QED) is 0.365. The fraction of sp³-hybridized carbons (Fsp3) is 0.192. The van der Waals surface area contributed by atoms with Gasteiger partial charge in [0.05, 0.1) is 21.6 Å². The van der Waals surface area contributed by atoms with E-state index in [1.54, 1.807) is 25.1 Å². The summed E-state index contributed by atoms with van der Waals surface area (Å²) in [6, 6.07) is 15.1. The molecule has 0 radical (unpaired) electrons. The Kier molecular flexibility index (Phi) is 8.15. The van der Waals surface area contributed by atoms with Gasteiger partial charge in [-0.1, -0.05) is 30.7 Å². The molecule has 36 heavy (non-hydrogen) atoms. The van der Waals surface area contributed by atoms with E-state index in [0.29, 0.717) is 28.8 Å². The number of amides is 1. The van der Waals surface area contributed by atoms with Gasteiger partial charge in [-0.2, -0.15) is 5.26 Å². The first-order valence-electron chi connectivity index (χ1n) is 10.9. The summed E-state index contributed by atoms with van der Waals surface area (Å²) in [4.78, 5) is 26.2. The van der Waals surface area contributed by atoms with E-state index < -0.39 is 21.7 Å². The van der Waals surface area contributed by atoms with E-state index in [0.717, 1.165) is 0 Å². The number of phenolic OH excluding ortho intramolecular Hbond substituents is 1. The lowest BCUT2D eigenvalue weighted by molar-refractivity contribution is -0.116. The van der Waals surface area contributed by atoms with Crippen LogP contribution in [0, 0.1) is 18.3 Å². The minimum Gasteiger partial charge on any atom is -0.506 e. The van der Waals surface area contributed by atoms with Crippen LogP contribution in [0.25, 0.3) is 0 Å². The Morgan fingerprint density at radius 1 is 1.17 bits per heavy atom. The molecule has 4 N–H and O–H groups in total. The molecular formula is C26H24ClN3O5S. The van der Waals surface area contributed by atoms with Gasteiger partial charge >= 0.3 is 0 Å². The molecule has 0 aliphatic heterocycles. The van der Waals surface area contributed by atoms with Crippen LogP contribution in [0.5, 0.6) is 5.75 Å². The topological polar surface area (TPSA) is 150 Å². The second kappa shape index (κ2) is 10.9. The Hall–Kier alpha value is -3.71. The molecule has 0 spiro atoms. The van der Waals surface area contributed by atoms with Gasteiger partial charge in [0.15, 0.2) is 5.78 Å². The number of halogens is 1. The van der Waals surface area contributed by atoms with Gasteiger partial charge in [-0.15, -0.1) is 0 Å². The molecule has 1 atom stereocenters. The second-order valence-corrected chi connectivity index (χ2v) is 10.3. The lowest BCUT2D eigenvalue weighted by Crippen LogP contribution is -2.18. The van der Waals surface area contributed by atoms with Crippen molar-refractivity contribution in [2.24, 2.45) is 5.14 Å². The summed E-state index contributed by atoms with van der Waals surface area (Å²) in [5.74, 6) is -1.43. The molecule has 0 fully saturated rings. The van der Waals surface area contributed by atoms with Gasteiger partial charge in [-0.3, -0.25) is 9.59 Å². The number of anilines is 1. The van der Waals surface area contributed by atoms with Gasteiger partial charge in [-0.25, -0.2) is 13.6 Å². The predicted octanol–water partition coefficient (Wildman–Crippen LogP) is 4.63. The van der Waals surface area contributed by atoms with E-state index in [9.17, 15) is 28.4 Å². The Labute approximate surface area is 214 Å². The van der Waals surface area contributed by atoms with E-state index in [2.05, 4.69) is 5.32 Å². The highest BCUT2D eigenvalue weighted by Gasteiger charge is 2.24. The number of nitrogens with two attached hydrogens (primary N) is 1. The van der Waals surface area contributed by atoms with Crippen LogP contribution < -0.4 is 10.5 Å². The van der Waals surface area contributed by atoms with Crippen LogP contribution in [0.1, 0.15) is 58.3 Å². The number of primary sulfonamides is 1. The number of hydrogen-bond donors (Lipinski definition) is 3. The van der Waals surface area contributed by atoms with Gasteiger partial charge in [0, 0.05) is 23.2 Å². The van der Waals surface area contributed by atoms with Gasteiger partial charge in [-0.05, 0) is 72.9 Å². The molecule has 0 aliphatic carbocycles. The third-order valence-corrected chi connectivity index (χ3v) is 7.00. The van der Waals surface area contributed by atoms with E-state index in [1.165, 1.54) is 36.4 Å². The number of carbonyl (C=O) groups excluding carboxylic acids is 2. The highest BCUT2D eigenvalue weighted by atomic mass is 35.5. The van der Waals surface area contributed by atoms with Crippen molar-refractivity contribution < 1.29 is 23.1 Å². The van der Waals surface area contributed by atoms with Gasteiger partial charge < -0.3 is 10.4 Å². The largest absolute Gasteiger partial charge is 0.506 e. The number of nitriles is 1. The number of phenols is 1. The van der Waals surface area contributed by atoms with Crippen LogP contribution in [-0.2, 0) is 14.8 Å². The first kappa shape index (κ1) is 26.9. The van der Waals surface area contributed by atoms with Crippen LogP contribution in [0.2, 0.25) is 5.02 Å². The highest BCUT2D eigenvalue weighted by molar-refractivity contribution is 7.89. The van der Waals surface area contributed by atoms with Crippen molar-refractivity contribution in [3.63, 3.8) is 0 Å². The zero-order valence-corrected chi connectivity index (χ0v) is 21.2. The number of aromatic hydroxyl groups is 1. The van der Waals surface area contributed by atoms with Crippen LogP contribution in [-0.4, -0.2) is 25.2 Å². The first-order chi connectivity index (χ1) is 16.9. The van der Waals surface area contributed by atoms with Crippen molar-refractivity contribution in [1.82, 2.24) is 0 Å². The molecule has 0 bridgehead atoms. The summed E-state index contributed by atoms with van der Waals surface area (Å²) in [6.07, 6.45) is 0.447. The third-order valence-electron chi connectivity index (χ3n) is 5.78. The fourth-order valence-electron chi connectivity index (χ4n) is 3.85. The first-order valence-corrected chi connectivity index (χ1v) is 12.9. The van der Waals surface area contributed by atoms with Crippen molar-refractivity contribution in [1.29, 1.82) is 5.26 Å². The van der Waals surface area contributed by atoms with Crippen molar-refractivity contribution in [2.45, 2.75) is 37.5 Å². The van der Waals surface area contributed by atoms with Crippen LogP contribution in [0.15, 0.2) is 59.5 Å². The Morgan fingerprint density at radius 2 is 1.89 bits per heavy atom. The maximum absolute atomic E-state index is 13.3. The number of carbonyl (C=O) groups is 2. The number of aryl methyl sites for hydroxylation is 1. The van der Waals surface area contributed by atoms with Gasteiger partial charge in [0.25, 0.3) is 0 Å². The molecule has 0 aliphatic rings. The Balaban J connectivity index is 1.92. The molecule has 3 aromatic carbocycles. The number of hydrogen-bond acceptors (Lipinski definition) is 6. The molecule has 0 saturated carbocycles. The lowest BCUT2D eigenvalue weighted by atomic mass is 9.86. The summed E-state index contributed by atoms with van der Waals surface area (Å²) >= 11 is 6.11. The average molecular weight is 526 g/mol. The van der Waals surface area contributed by atoms with Crippen molar-refractivity contribution >= 4 is 39.0 Å². The smallest absolute Gasteiger partial charge is 0.238 e. The molecule has 1 amide bonds. The molecule has 8 nitrogen and oxygen atoms in total. The molecule has 3 rings (SSSR count). The van der Waals surface area contributed by atoms with E-state index >= 15 is 0 Å². The van der Waals surface area contributed by atoms with Crippen LogP contribution in [0.3, 0.4) is 0 Å². The SMILES string of the molecule is CCC(CC(=O)Nc1ccc(S(N)(=O)=O)cc1C)c1cc(O)c(Cl)cc1C(=O)c1cccc(C#N)c1. The standard InChI is InChI=1S/C26H24ClN3O5S/c1-3-17(11-25(32)30-23-8-7-19(9-15(23)2)36(29,34)35)20-13-24(31)22(27)12-21(20)26(33)18-6-4-5-16(10-18)14-28/h4-10,12-13,17,31H,3,11H2,1-2H3,(H,30,32)(H2,29,34,35). The maximum Gasteiger partial charge on any atom is 0.238 e. The van der Waals surface area contributed by atoms with Crippen molar-refractivity contribution in [3.8, 4) is 11.8 Å². The number of benzene rings is 3. The van der Waals surface area contributed by atoms with Gasteiger partial charge in [0.2, 0.25) is 15.9 Å². The molecule has 0 aromatic heterocycles. The number of ketones is 1. The zero-order valence-electron chi connectivity index (χ0n) is 19.6. The highest BCUT2D eigenvalue weighted by Crippen LogP contribution is 2.35. The second-order valence-electron chi connectivity index (χ2n) is 8.29. The van der Waals surface area contributed by atoms with E-state index in [1.807, 2.05) is 13.0 Å². The van der Waals surface area contributed by atoms with Crippen molar-refractivity contribution in [2.75, 3.05) is 5.32 Å². The number of sulfonamides is 1. The minimum atomic E-state index is -3.87. The van der Waals surface area contributed by atoms with Crippen LogP contribution in [0.4, 0.5) is 5.69 Å². The normalized spacial score (nSPS) is 12.0. The minimum absolute atomic E-state index is 0.0107. The number of nitrogens with one attached hydrogen (secondary N) is 1. The molecule has 186 valence electrons. The van der Waals surface area contributed by atoms with Crippen molar-refractivity contribution in [3.05, 3.63) is 87.4 Å². The Morgan fingerprint density at radius 3 is 2.50 bits per heavy atom. The molecule has 1 unspecified atom stereocenters. The molecule has 10 heteroatoms. The molecule has 0 heterocycles. The Bertz CT molecular complexity index is 1500. The van der Waals surface area contributed by atoms with E-state index in [4.69, 9.17) is 16.7 Å². The average Bonchev–Trinajstić information content (AvgIpc) is 2.84. The van der Waals surface area contributed by atoms with Gasteiger partial charge in [0.1, 0.15) is 5.75 Å². The molecule has 3 aromatic rings. The summed E-state index contributed by atoms with van der Waals surface area (Å²) in [5, 5.41) is 27.3. The lowest BCUT2D eigenvalue weighted by Gasteiger charge is -2.20. The summed E-state index contributed by atoms with van der Waals surface area (Å²) in [7, 11) is -3.87. The molecular weight excluding hydrogens is 502 g/mol. The number of rotatable bonds is 8. The van der Waals surface area contributed by atoms with E-state index in [-0.39, 0.29) is 39.1 Å². The zero-order chi connectivity index (χ0) is 26.6. The molecule has 0 saturated heterocycles. The third kappa shape index (κ3) is 6.10. The summed E-state index contributed by atoms with van der Waals surface area (Å²) in [5.41, 5.74) is 2.21. The van der Waals surface area contributed by atoms with Crippen LogP contribution >= 0.6 is 11.6 Å². The fourth-order valence-corrected chi connectivity index (χ4v) is 4.61. The number of nitrogens with zero attached hydrogens (tertiary/aromatic N) is 1. The maximum atomic E-state index is 13.3. The summed E-state index contributed by atoms with van der Waals surface area (Å²) < 4.78 is 23.1. The summed E-state index contributed by atoms with van der Waals surface area (Å²) in [6.45, 7) is 3.49. The predicted molar refractivity (Wildman–Crippen MR) is 137 cm³/mol. The monoisotopic (exact) mass is 525 g/mol.